The van der Waals surface area contributed by atoms with Crippen LogP contribution >= 0.6 is 11.6 Å². The molecule has 0 saturated heterocycles. The lowest BCUT2D eigenvalue weighted by Crippen LogP contribution is -2.46. The van der Waals surface area contributed by atoms with Crippen LogP contribution in [0.15, 0.2) is 97.1 Å². The maximum absolute atomic E-state index is 14.1. The molecule has 0 saturated carbocycles. The molecule has 1 aliphatic rings. The van der Waals surface area contributed by atoms with Gasteiger partial charge in [0.25, 0.3) is 17.6 Å². The standard InChI is InChI=1S/C33H28ClFN4O4/c1-37(2)26-17-15-25(16-18-26)36-32(42)30(22-9-11-23(34)12-10-22)39(19-21-7-13-24(35)14-8-21)29(40)20-38-28-6-4-3-5-27(28)31(41)33(38)43/h3-18,30H,19-20H2,1-2H3,(H,36,42)/t30-/m1/s1. The van der Waals surface area contributed by atoms with Gasteiger partial charge >= 0.3 is 0 Å². The van der Waals surface area contributed by atoms with E-state index >= 15 is 0 Å². The van der Waals surface area contributed by atoms with Crippen LogP contribution in [0, 0.1) is 5.82 Å². The highest BCUT2D eigenvalue weighted by molar-refractivity contribution is 6.52. The van der Waals surface area contributed by atoms with E-state index in [1.807, 2.05) is 31.1 Å². The molecule has 0 bridgehead atoms. The molecule has 218 valence electrons. The molecule has 8 nitrogen and oxygen atoms in total. The predicted octanol–water partition coefficient (Wildman–Crippen LogP) is 5.48. The van der Waals surface area contributed by atoms with Gasteiger partial charge in [-0.3, -0.25) is 24.1 Å². The molecule has 4 aromatic carbocycles. The van der Waals surface area contributed by atoms with Crippen LogP contribution in [0.2, 0.25) is 5.02 Å². The predicted molar refractivity (Wildman–Crippen MR) is 164 cm³/mol. The number of fused-ring (bicyclic) bond motifs is 1. The number of amides is 3. The smallest absolute Gasteiger partial charge is 0.299 e. The Balaban J connectivity index is 1.53. The zero-order chi connectivity index (χ0) is 30.7. The van der Waals surface area contributed by atoms with Crippen molar-refractivity contribution in [2.75, 3.05) is 35.8 Å². The Labute approximate surface area is 253 Å². The summed E-state index contributed by atoms with van der Waals surface area (Å²) >= 11 is 6.15. The maximum Gasteiger partial charge on any atom is 0.299 e. The molecule has 0 fully saturated rings. The van der Waals surface area contributed by atoms with Gasteiger partial charge in [-0.25, -0.2) is 4.39 Å². The van der Waals surface area contributed by atoms with E-state index in [9.17, 15) is 23.6 Å². The van der Waals surface area contributed by atoms with Crippen molar-refractivity contribution in [1.29, 1.82) is 0 Å². The molecule has 1 atom stereocenters. The fraction of sp³-hybridized carbons (Fsp3) is 0.152. The van der Waals surface area contributed by atoms with Gasteiger partial charge in [-0.1, -0.05) is 48.0 Å². The number of benzene rings is 4. The van der Waals surface area contributed by atoms with Crippen LogP contribution in [0.4, 0.5) is 21.5 Å². The normalized spacial score (nSPS) is 13.0. The third kappa shape index (κ3) is 6.42. The summed E-state index contributed by atoms with van der Waals surface area (Å²) in [6, 6.07) is 24.6. The number of Topliss-reactive ketones (excluding diaryl/α,β-unsaturated/α-hetero) is 1. The van der Waals surface area contributed by atoms with E-state index in [1.165, 1.54) is 35.2 Å². The van der Waals surface area contributed by atoms with Crippen molar-refractivity contribution in [2.45, 2.75) is 12.6 Å². The number of ketones is 1. The van der Waals surface area contributed by atoms with Crippen LogP contribution < -0.4 is 15.1 Å². The molecule has 0 spiro atoms. The molecule has 3 amide bonds. The van der Waals surface area contributed by atoms with Crippen LogP contribution in [0.1, 0.15) is 27.5 Å². The SMILES string of the molecule is CN(C)c1ccc(NC(=O)[C@@H](c2ccc(Cl)cc2)N(Cc2ccc(F)cc2)C(=O)CN2C(=O)C(=O)c3ccccc32)cc1. The van der Waals surface area contributed by atoms with E-state index in [-0.39, 0.29) is 12.1 Å². The monoisotopic (exact) mass is 598 g/mol. The summed E-state index contributed by atoms with van der Waals surface area (Å²) in [6.07, 6.45) is 0. The minimum absolute atomic E-state index is 0.0863. The number of carbonyl (C=O) groups is 4. The van der Waals surface area contributed by atoms with E-state index in [2.05, 4.69) is 5.32 Å². The Kier molecular flexibility index (Phi) is 8.54. The summed E-state index contributed by atoms with van der Waals surface area (Å²) in [4.78, 5) is 58.0. The van der Waals surface area contributed by atoms with Crippen molar-refractivity contribution < 1.29 is 23.6 Å². The molecular weight excluding hydrogens is 571 g/mol. The number of rotatable bonds is 9. The van der Waals surface area contributed by atoms with Gasteiger partial charge in [-0.2, -0.15) is 0 Å². The van der Waals surface area contributed by atoms with Crippen molar-refractivity contribution >= 4 is 52.2 Å². The van der Waals surface area contributed by atoms with Gasteiger partial charge in [0.1, 0.15) is 18.4 Å². The van der Waals surface area contributed by atoms with Gasteiger partial charge in [0, 0.05) is 37.0 Å². The summed E-state index contributed by atoms with van der Waals surface area (Å²) in [5, 5.41) is 3.34. The highest BCUT2D eigenvalue weighted by Crippen LogP contribution is 2.31. The molecule has 0 unspecified atom stereocenters. The number of carbonyl (C=O) groups excluding carboxylic acids is 4. The summed E-state index contributed by atoms with van der Waals surface area (Å²) in [5.74, 6) is -3.10. The first-order valence-corrected chi connectivity index (χ1v) is 13.8. The second kappa shape index (κ2) is 12.5. The molecule has 0 radical (unpaired) electrons. The van der Waals surface area contributed by atoms with Gasteiger partial charge in [0.2, 0.25) is 5.91 Å². The van der Waals surface area contributed by atoms with E-state index in [1.54, 1.807) is 54.6 Å². The minimum Gasteiger partial charge on any atom is -0.378 e. The molecule has 5 rings (SSSR count). The van der Waals surface area contributed by atoms with Crippen molar-refractivity contribution in [3.05, 3.63) is 125 Å². The maximum atomic E-state index is 14.1. The number of nitrogens with one attached hydrogen (secondary N) is 1. The van der Waals surface area contributed by atoms with Gasteiger partial charge in [0.05, 0.1) is 11.3 Å². The third-order valence-electron chi connectivity index (χ3n) is 7.16. The van der Waals surface area contributed by atoms with Gasteiger partial charge < -0.3 is 15.1 Å². The Morgan fingerprint density at radius 1 is 0.884 bits per heavy atom. The number of para-hydroxylation sites is 1. The fourth-order valence-electron chi connectivity index (χ4n) is 4.91. The van der Waals surface area contributed by atoms with Gasteiger partial charge in [-0.05, 0) is 71.8 Å². The van der Waals surface area contributed by atoms with Crippen LogP contribution in [0.5, 0.6) is 0 Å². The first-order chi connectivity index (χ1) is 20.6. The topological polar surface area (TPSA) is 90.0 Å². The lowest BCUT2D eigenvalue weighted by Gasteiger charge is -2.33. The molecule has 1 N–H and O–H groups in total. The molecule has 43 heavy (non-hydrogen) atoms. The van der Waals surface area contributed by atoms with E-state index in [4.69, 9.17) is 11.6 Å². The van der Waals surface area contributed by atoms with Crippen molar-refractivity contribution in [2.24, 2.45) is 0 Å². The molecule has 1 aliphatic heterocycles. The van der Waals surface area contributed by atoms with Gasteiger partial charge in [0.15, 0.2) is 0 Å². The number of hydrogen-bond donors (Lipinski definition) is 1. The number of anilines is 3. The van der Waals surface area contributed by atoms with Crippen LogP contribution in [0.25, 0.3) is 0 Å². The van der Waals surface area contributed by atoms with Crippen molar-refractivity contribution in [3.8, 4) is 0 Å². The van der Waals surface area contributed by atoms with Crippen LogP contribution in [-0.4, -0.2) is 49.0 Å². The van der Waals surface area contributed by atoms with E-state index in [0.29, 0.717) is 27.5 Å². The quantitative estimate of drug-likeness (QED) is 0.258. The van der Waals surface area contributed by atoms with E-state index < -0.39 is 41.9 Å². The zero-order valence-corrected chi connectivity index (χ0v) is 24.2. The minimum atomic E-state index is -1.17. The zero-order valence-electron chi connectivity index (χ0n) is 23.5. The lowest BCUT2D eigenvalue weighted by molar-refractivity contribution is -0.139. The van der Waals surface area contributed by atoms with E-state index in [0.717, 1.165) is 10.6 Å². The average molecular weight is 599 g/mol. The summed E-state index contributed by atoms with van der Waals surface area (Å²) in [5.41, 5.74) is 3.00. The lowest BCUT2D eigenvalue weighted by atomic mass is 10.0. The Bertz CT molecular complexity index is 1670. The Morgan fingerprint density at radius 3 is 2.19 bits per heavy atom. The second-order valence-corrected chi connectivity index (χ2v) is 10.7. The summed E-state index contributed by atoms with van der Waals surface area (Å²) < 4.78 is 13.7. The molecule has 4 aromatic rings. The Morgan fingerprint density at radius 2 is 1.53 bits per heavy atom. The molecule has 0 aliphatic carbocycles. The molecular formula is C33H28ClFN4O4. The number of nitrogens with zero attached hydrogens (tertiary/aromatic N) is 3. The van der Waals surface area contributed by atoms with Crippen molar-refractivity contribution in [1.82, 2.24) is 4.90 Å². The largest absolute Gasteiger partial charge is 0.378 e. The molecule has 0 aromatic heterocycles. The number of hydrogen-bond acceptors (Lipinski definition) is 5. The van der Waals surface area contributed by atoms with Crippen molar-refractivity contribution in [3.63, 3.8) is 0 Å². The third-order valence-corrected chi connectivity index (χ3v) is 7.41. The van der Waals surface area contributed by atoms with Crippen LogP contribution in [0.3, 0.4) is 0 Å². The molecule has 10 heteroatoms. The fourth-order valence-corrected chi connectivity index (χ4v) is 5.04. The summed E-state index contributed by atoms with van der Waals surface area (Å²) in [6.45, 7) is -0.575. The highest BCUT2D eigenvalue weighted by atomic mass is 35.5. The first-order valence-electron chi connectivity index (χ1n) is 13.4. The highest BCUT2D eigenvalue weighted by Gasteiger charge is 2.39. The first kappa shape index (κ1) is 29.5. The van der Waals surface area contributed by atoms with Crippen LogP contribution in [-0.2, 0) is 20.9 Å². The summed E-state index contributed by atoms with van der Waals surface area (Å²) in [7, 11) is 3.81. The Hall–Kier alpha value is -5.02. The number of halogens is 2. The second-order valence-electron chi connectivity index (χ2n) is 10.3. The molecule has 1 heterocycles. The van der Waals surface area contributed by atoms with Gasteiger partial charge in [-0.15, -0.1) is 0 Å². The average Bonchev–Trinajstić information content (AvgIpc) is 3.23.